The first-order valence-electron chi connectivity index (χ1n) is 11.5. The van der Waals surface area contributed by atoms with Crippen molar-refractivity contribution in [2.24, 2.45) is 0 Å². The van der Waals surface area contributed by atoms with E-state index < -0.39 is 0 Å². The molecule has 2 heterocycles. The van der Waals surface area contributed by atoms with Crippen LogP contribution in [0.4, 0.5) is 0 Å². The Hall–Kier alpha value is -3.16. The topological polar surface area (TPSA) is 68.6 Å². The van der Waals surface area contributed by atoms with Crippen LogP contribution in [-0.2, 0) is 17.8 Å². The number of ether oxygens (including phenoxy) is 2. The van der Waals surface area contributed by atoms with Crippen LogP contribution in [0.1, 0.15) is 34.3 Å². The van der Waals surface area contributed by atoms with Crippen LogP contribution < -0.4 is 10.1 Å². The summed E-state index contributed by atoms with van der Waals surface area (Å²) in [6, 6.07) is 18.0. The summed E-state index contributed by atoms with van der Waals surface area (Å²) in [5, 5.41) is 7.20. The molecule has 4 rings (SSSR count). The van der Waals surface area contributed by atoms with E-state index in [-0.39, 0.29) is 5.91 Å². The van der Waals surface area contributed by atoms with Crippen molar-refractivity contribution in [1.29, 1.82) is 0 Å². The van der Waals surface area contributed by atoms with Gasteiger partial charge in [0.1, 0.15) is 12.4 Å². The third kappa shape index (κ3) is 6.91. The van der Waals surface area contributed by atoms with Crippen molar-refractivity contribution in [3.63, 3.8) is 0 Å². The summed E-state index contributed by atoms with van der Waals surface area (Å²) in [5.74, 6) is 0.732. The molecule has 1 aromatic heterocycles. The van der Waals surface area contributed by atoms with Gasteiger partial charge in [-0.25, -0.2) is 0 Å². The Balaban J connectivity index is 1.22. The molecule has 1 saturated heterocycles. The van der Waals surface area contributed by atoms with Gasteiger partial charge in [0.05, 0.1) is 6.54 Å². The molecule has 33 heavy (non-hydrogen) atoms. The van der Waals surface area contributed by atoms with E-state index in [2.05, 4.69) is 22.4 Å². The van der Waals surface area contributed by atoms with Crippen LogP contribution in [0.25, 0.3) is 0 Å². The summed E-state index contributed by atoms with van der Waals surface area (Å²) >= 11 is 0. The van der Waals surface area contributed by atoms with Gasteiger partial charge in [-0.3, -0.25) is 14.4 Å². The van der Waals surface area contributed by atoms with Gasteiger partial charge in [0, 0.05) is 50.3 Å². The lowest BCUT2D eigenvalue weighted by Gasteiger charge is -2.31. The lowest BCUT2D eigenvalue weighted by Crippen LogP contribution is -2.38. The van der Waals surface area contributed by atoms with Crippen molar-refractivity contribution in [3.05, 3.63) is 83.7 Å². The molecule has 0 spiro atoms. The monoisotopic (exact) mass is 448 g/mol. The van der Waals surface area contributed by atoms with Gasteiger partial charge < -0.3 is 14.8 Å². The average molecular weight is 449 g/mol. The molecular weight excluding hydrogens is 416 g/mol. The number of carbonyl (C=O) groups is 1. The largest absolute Gasteiger partial charge is 0.492 e. The highest BCUT2D eigenvalue weighted by Gasteiger charge is 2.18. The van der Waals surface area contributed by atoms with Crippen LogP contribution in [0.15, 0.2) is 67.0 Å². The second-order valence-electron chi connectivity index (χ2n) is 8.40. The summed E-state index contributed by atoms with van der Waals surface area (Å²) in [5.41, 5.74) is 2.75. The first-order chi connectivity index (χ1) is 16.2. The minimum atomic E-state index is -0.0925. The van der Waals surface area contributed by atoms with E-state index in [4.69, 9.17) is 9.47 Å². The minimum Gasteiger partial charge on any atom is -0.492 e. The van der Waals surface area contributed by atoms with Gasteiger partial charge in [-0.05, 0) is 61.3 Å². The fourth-order valence-corrected chi connectivity index (χ4v) is 3.99. The lowest BCUT2D eigenvalue weighted by atomic mass is 10.1. The SMILES string of the molecule is CN(CCOc1cccc(CNC(=O)c2ccc(Cn3cccn3)cc2)c1)C1CCOCC1. The Bertz CT molecular complexity index is 999. The quantitative estimate of drug-likeness (QED) is 0.515. The van der Waals surface area contributed by atoms with E-state index in [0.717, 1.165) is 49.5 Å². The number of hydrogen-bond acceptors (Lipinski definition) is 5. The molecule has 2 aromatic carbocycles. The maximum absolute atomic E-state index is 12.6. The number of nitrogens with zero attached hydrogens (tertiary/aromatic N) is 3. The predicted molar refractivity (Wildman–Crippen MR) is 127 cm³/mol. The highest BCUT2D eigenvalue weighted by molar-refractivity contribution is 5.94. The fourth-order valence-electron chi connectivity index (χ4n) is 3.99. The molecule has 0 saturated carbocycles. The molecule has 1 fully saturated rings. The van der Waals surface area contributed by atoms with Crippen molar-refractivity contribution >= 4 is 5.91 Å². The van der Waals surface area contributed by atoms with E-state index in [1.54, 1.807) is 6.20 Å². The highest BCUT2D eigenvalue weighted by atomic mass is 16.5. The first-order valence-corrected chi connectivity index (χ1v) is 11.5. The molecule has 1 aliphatic heterocycles. The fraction of sp³-hybridized carbons (Fsp3) is 0.385. The Kier molecular flexibility index (Phi) is 8.11. The second kappa shape index (κ2) is 11.6. The third-order valence-electron chi connectivity index (χ3n) is 6.00. The Labute approximate surface area is 195 Å². The van der Waals surface area contributed by atoms with Crippen molar-refractivity contribution in [1.82, 2.24) is 20.0 Å². The van der Waals surface area contributed by atoms with E-state index >= 15 is 0 Å². The number of likely N-dealkylation sites (N-methyl/N-ethyl adjacent to an activating group) is 1. The zero-order chi connectivity index (χ0) is 22.9. The summed E-state index contributed by atoms with van der Waals surface area (Å²) in [6.45, 7) is 4.34. The maximum Gasteiger partial charge on any atom is 0.251 e. The number of rotatable bonds is 10. The molecule has 3 aromatic rings. The van der Waals surface area contributed by atoms with Crippen molar-refractivity contribution in [3.8, 4) is 5.75 Å². The average Bonchev–Trinajstić information content (AvgIpc) is 3.37. The molecular formula is C26H32N4O3. The number of nitrogens with one attached hydrogen (secondary N) is 1. The standard InChI is InChI=1S/C26H32N4O3/c1-29(24-10-15-32-16-11-24)14-17-33-25-5-2-4-22(18-25)19-27-26(31)23-8-6-21(7-9-23)20-30-13-3-12-28-30/h2-9,12-13,18,24H,10-11,14-17,19-20H2,1H3,(H,27,31). The van der Waals surface area contributed by atoms with Crippen molar-refractivity contribution < 1.29 is 14.3 Å². The zero-order valence-electron chi connectivity index (χ0n) is 19.2. The first kappa shape index (κ1) is 23.0. The minimum absolute atomic E-state index is 0.0925. The van der Waals surface area contributed by atoms with E-state index in [9.17, 15) is 4.79 Å². The Morgan fingerprint density at radius 1 is 1.15 bits per heavy atom. The summed E-state index contributed by atoms with van der Waals surface area (Å²) in [4.78, 5) is 14.9. The van der Waals surface area contributed by atoms with Gasteiger partial charge in [0.25, 0.3) is 5.91 Å². The second-order valence-corrected chi connectivity index (χ2v) is 8.40. The molecule has 7 nitrogen and oxygen atoms in total. The lowest BCUT2D eigenvalue weighted by molar-refractivity contribution is 0.0392. The molecule has 174 valence electrons. The van der Waals surface area contributed by atoms with E-state index in [1.807, 2.05) is 65.5 Å². The van der Waals surface area contributed by atoms with Crippen molar-refractivity contribution in [2.75, 3.05) is 33.4 Å². The van der Waals surface area contributed by atoms with Gasteiger partial charge in [0.15, 0.2) is 0 Å². The predicted octanol–water partition coefficient (Wildman–Crippen LogP) is 3.35. The zero-order valence-corrected chi connectivity index (χ0v) is 19.2. The van der Waals surface area contributed by atoms with Crippen LogP contribution in [-0.4, -0.2) is 60.0 Å². The molecule has 0 atom stereocenters. The number of amides is 1. The molecule has 0 unspecified atom stereocenters. The molecule has 0 aliphatic carbocycles. The number of benzene rings is 2. The number of aromatic nitrogens is 2. The van der Waals surface area contributed by atoms with Crippen LogP contribution in [0.2, 0.25) is 0 Å². The summed E-state index contributed by atoms with van der Waals surface area (Å²) in [7, 11) is 2.15. The van der Waals surface area contributed by atoms with E-state index in [1.165, 1.54) is 0 Å². The van der Waals surface area contributed by atoms with Gasteiger partial charge in [0.2, 0.25) is 0 Å². The molecule has 7 heteroatoms. The molecule has 1 N–H and O–H groups in total. The van der Waals surface area contributed by atoms with Gasteiger partial charge in [-0.1, -0.05) is 24.3 Å². The number of carbonyl (C=O) groups excluding carboxylic acids is 1. The van der Waals surface area contributed by atoms with Crippen molar-refractivity contribution in [2.45, 2.75) is 32.0 Å². The molecule has 0 bridgehead atoms. The van der Waals surface area contributed by atoms with Crippen LogP contribution in [0.3, 0.4) is 0 Å². The smallest absolute Gasteiger partial charge is 0.251 e. The number of hydrogen-bond donors (Lipinski definition) is 1. The third-order valence-corrected chi connectivity index (χ3v) is 6.00. The van der Waals surface area contributed by atoms with Crippen LogP contribution in [0.5, 0.6) is 5.75 Å². The van der Waals surface area contributed by atoms with Gasteiger partial charge in [-0.2, -0.15) is 5.10 Å². The Morgan fingerprint density at radius 3 is 2.73 bits per heavy atom. The van der Waals surface area contributed by atoms with Gasteiger partial charge >= 0.3 is 0 Å². The van der Waals surface area contributed by atoms with Gasteiger partial charge in [-0.15, -0.1) is 0 Å². The Morgan fingerprint density at radius 2 is 1.97 bits per heavy atom. The maximum atomic E-state index is 12.6. The summed E-state index contributed by atoms with van der Waals surface area (Å²) < 4.78 is 13.3. The molecule has 1 amide bonds. The molecule has 0 radical (unpaired) electrons. The molecule has 1 aliphatic rings. The highest BCUT2D eigenvalue weighted by Crippen LogP contribution is 2.15. The van der Waals surface area contributed by atoms with E-state index in [0.29, 0.717) is 31.3 Å². The van der Waals surface area contributed by atoms with Crippen LogP contribution in [0, 0.1) is 0 Å². The normalized spacial score (nSPS) is 14.4. The summed E-state index contributed by atoms with van der Waals surface area (Å²) in [6.07, 6.45) is 5.84. The van der Waals surface area contributed by atoms with Crippen LogP contribution >= 0.6 is 0 Å².